The fourth-order valence-electron chi connectivity index (χ4n) is 2.16. The van der Waals surface area contributed by atoms with Crippen LogP contribution >= 0.6 is 0 Å². The number of rotatable bonds is 3. The van der Waals surface area contributed by atoms with Crippen LogP contribution in [-0.4, -0.2) is 17.1 Å². The summed E-state index contributed by atoms with van der Waals surface area (Å²) in [6.45, 7) is 0. The van der Waals surface area contributed by atoms with Gasteiger partial charge in [-0.3, -0.25) is 0 Å². The summed E-state index contributed by atoms with van der Waals surface area (Å²) in [5.74, 6) is 1.76. The monoisotopic (exact) mass is 253 g/mol. The number of nitrogens with one attached hydrogen (secondary N) is 1. The van der Waals surface area contributed by atoms with E-state index < -0.39 is 0 Å². The molecule has 0 fully saturated rings. The van der Waals surface area contributed by atoms with E-state index >= 15 is 0 Å². The molecule has 3 N–H and O–H groups in total. The van der Waals surface area contributed by atoms with Crippen LogP contribution in [0.1, 0.15) is 11.4 Å². The average molecular weight is 253 g/mol. The highest BCUT2D eigenvalue weighted by Crippen LogP contribution is 2.20. The van der Waals surface area contributed by atoms with E-state index in [1.54, 1.807) is 7.11 Å². The summed E-state index contributed by atoms with van der Waals surface area (Å²) < 4.78 is 5.22. The molecular formula is C15H15N3O. The van der Waals surface area contributed by atoms with E-state index in [9.17, 15) is 0 Å². The van der Waals surface area contributed by atoms with Crippen molar-refractivity contribution < 1.29 is 4.74 Å². The number of aromatic nitrogens is 2. The second-order valence-corrected chi connectivity index (χ2v) is 4.46. The van der Waals surface area contributed by atoms with Crippen molar-refractivity contribution in [3.05, 3.63) is 53.9 Å². The highest BCUT2D eigenvalue weighted by molar-refractivity contribution is 5.86. The van der Waals surface area contributed by atoms with Gasteiger partial charge in [-0.05, 0) is 29.8 Å². The number of fused-ring (bicyclic) bond motifs is 1. The molecule has 1 aromatic heterocycles. The molecule has 0 radical (unpaired) electrons. The van der Waals surface area contributed by atoms with E-state index in [4.69, 9.17) is 10.5 Å². The van der Waals surface area contributed by atoms with Crippen LogP contribution in [0.4, 0.5) is 5.69 Å². The molecule has 0 spiro atoms. The molecule has 0 saturated carbocycles. The molecule has 0 bridgehead atoms. The molecule has 0 aliphatic rings. The maximum atomic E-state index is 5.91. The fourth-order valence-corrected chi connectivity index (χ4v) is 2.16. The van der Waals surface area contributed by atoms with Crippen molar-refractivity contribution in [3.8, 4) is 5.75 Å². The summed E-state index contributed by atoms with van der Waals surface area (Å²) in [6, 6.07) is 13.7. The number of nitrogen functional groups attached to an aromatic ring is 1. The van der Waals surface area contributed by atoms with Crippen LogP contribution in [-0.2, 0) is 6.42 Å². The number of anilines is 1. The zero-order valence-electron chi connectivity index (χ0n) is 10.7. The number of para-hydroxylation sites is 1. The summed E-state index contributed by atoms with van der Waals surface area (Å²) in [4.78, 5) is 7.83. The van der Waals surface area contributed by atoms with Crippen molar-refractivity contribution in [1.29, 1.82) is 0 Å². The number of methoxy groups -OCH3 is 1. The lowest BCUT2D eigenvalue weighted by Gasteiger charge is -2.02. The molecule has 0 unspecified atom stereocenters. The number of benzene rings is 2. The van der Waals surface area contributed by atoms with E-state index in [1.165, 1.54) is 0 Å². The first-order valence-electron chi connectivity index (χ1n) is 6.12. The Labute approximate surface area is 111 Å². The Morgan fingerprint density at radius 3 is 2.84 bits per heavy atom. The summed E-state index contributed by atoms with van der Waals surface area (Å²) in [5, 5.41) is 0. The van der Waals surface area contributed by atoms with Crippen LogP contribution in [0, 0.1) is 0 Å². The van der Waals surface area contributed by atoms with Gasteiger partial charge in [-0.15, -0.1) is 0 Å². The van der Waals surface area contributed by atoms with Gasteiger partial charge in [-0.1, -0.05) is 18.2 Å². The van der Waals surface area contributed by atoms with Gasteiger partial charge in [0.1, 0.15) is 17.1 Å². The Bertz CT molecular complexity index is 718. The van der Waals surface area contributed by atoms with Crippen LogP contribution < -0.4 is 10.5 Å². The lowest BCUT2D eigenvalue weighted by Crippen LogP contribution is -1.92. The van der Waals surface area contributed by atoms with Gasteiger partial charge >= 0.3 is 0 Å². The van der Waals surface area contributed by atoms with Gasteiger partial charge in [0.25, 0.3) is 0 Å². The third-order valence-electron chi connectivity index (χ3n) is 3.10. The number of nitrogens with two attached hydrogens (primary N) is 1. The zero-order valence-corrected chi connectivity index (χ0v) is 10.7. The minimum atomic E-state index is 0.700. The fraction of sp³-hybridized carbons (Fsp3) is 0.133. The maximum Gasteiger partial charge on any atom is 0.119 e. The van der Waals surface area contributed by atoms with Gasteiger partial charge in [0, 0.05) is 6.42 Å². The van der Waals surface area contributed by atoms with Gasteiger partial charge in [-0.25, -0.2) is 4.98 Å². The predicted molar refractivity (Wildman–Crippen MR) is 76.3 cm³/mol. The number of hydrogen-bond donors (Lipinski definition) is 2. The van der Waals surface area contributed by atoms with E-state index in [0.717, 1.165) is 34.6 Å². The third-order valence-corrected chi connectivity index (χ3v) is 3.10. The zero-order chi connectivity index (χ0) is 13.2. The Hall–Kier alpha value is -2.49. The molecule has 3 rings (SSSR count). The molecule has 1 heterocycles. The van der Waals surface area contributed by atoms with Gasteiger partial charge in [0.05, 0.1) is 18.3 Å². The summed E-state index contributed by atoms with van der Waals surface area (Å²) in [7, 11) is 1.67. The van der Waals surface area contributed by atoms with E-state index in [-0.39, 0.29) is 0 Å². The van der Waals surface area contributed by atoms with Crippen LogP contribution in [0.3, 0.4) is 0 Å². The summed E-state index contributed by atoms with van der Waals surface area (Å²) in [6.07, 6.45) is 0.728. The Balaban J connectivity index is 1.94. The van der Waals surface area contributed by atoms with Crippen molar-refractivity contribution in [2.45, 2.75) is 6.42 Å². The van der Waals surface area contributed by atoms with Gasteiger partial charge in [-0.2, -0.15) is 0 Å². The van der Waals surface area contributed by atoms with Crippen LogP contribution in [0.25, 0.3) is 11.0 Å². The molecule has 0 aliphatic carbocycles. The number of aromatic amines is 1. The maximum absolute atomic E-state index is 5.91. The molecule has 0 saturated heterocycles. The highest BCUT2D eigenvalue weighted by atomic mass is 16.5. The third kappa shape index (κ3) is 2.25. The molecule has 0 amide bonds. The number of H-pyrrole nitrogens is 1. The van der Waals surface area contributed by atoms with Gasteiger partial charge < -0.3 is 15.5 Å². The smallest absolute Gasteiger partial charge is 0.119 e. The minimum Gasteiger partial charge on any atom is -0.497 e. The topological polar surface area (TPSA) is 63.9 Å². The molecule has 0 aliphatic heterocycles. The second kappa shape index (κ2) is 4.65. The number of imidazole rings is 1. The van der Waals surface area contributed by atoms with Crippen molar-refractivity contribution in [2.24, 2.45) is 0 Å². The first-order chi connectivity index (χ1) is 9.26. The van der Waals surface area contributed by atoms with Crippen LogP contribution in [0.15, 0.2) is 42.5 Å². The lowest BCUT2D eigenvalue weighted by atomic mass is 10.1. The van der Waals surface area contributed by atoms with Crippen molar-refractivity contribution >= 4 is 16.7 Å². The van der Waals surface area contributed by atoms with Gasteiger partial charge in [0.15, 0.2) is 0 Å². The molecular weight excluding hydrogens is 238 g/mol. The molecule has 19 heavy (non-hydrogen) atoms. The van der Waals surface area contributed by atoms with Crippen molar-refractivity contribution in [3.63, 3.8) is 0 Å². The van der Waals surface area contributed by atoms with E-state index in [1.807, 2.05) is 36.4 Å². The summed E-state index contributed by atoms with van der Waals surface area (Å²) >= 11 is 0. The first kappa shape index (κ1) is 11.6. The molecule has 3 aromatic rings. The van der Waals surface area contributed by atoms with Crippen LogP contribution in [0.2, 0.25) is 0 Å². The van der Waals surface area contributed by atoms with E-state index in [2.05, 4.69) is 16.0 Å². The first-order valence-corrected chi connectivity index (χ1v) is 6.12. The molecule has 4 nitrogen and oxygen atoms in total. The minimum absolute atomic E-state index is 0.700. The summed E-state index contributed by atoms with van der Waals surface area (Å²) in [5.41, 5.74) is 9.56. The Kier molecular flexibility index (Phi) is 2.83. The van der Waals surface area contributed by atoms with Crippen LogP contribution in [0.5, 0.6) is 5.75 Å². The largest absolute Gasteiger partial charge is 0.497 e. The van der Waals surface area contributed by atoms with E-state index in [0.29, 0.717) is 5.69 Å². The number of hydrogen-bond acceptors (Lipinski definition) is 3. The Morgan fingerprint density at radius 1 is 1.21 bits per heavy atom. The standard InChI is InChI=1S/C15H15N3O/c1-19-11-5-2-4-10(8-11)9-14-17-13-7-3-6-12(16)15(13)18-14/h2-8H,9,16H2,1H3,(H,17,18). The molecule has 4 heteroatoms. The predicted octanol–water partition coefficient (Wildman–Crippen LogP) is 2.74. The van der Waals surface area contributed by atoms with Gasteiger partial charge in [0.2, 0.25) is 0 Å². The normalized spacial score (nSPS) is 10.8. The van der Waals surface area contributed by atoms with Crippen molar-refractivity contribution in [1.82, 2.24) is 9.97 Å². The lowest BCUT2D eigenvalue weighted by molar-refractivity contribution is 0.414. The highest BCUT2D eigenvalue weighted by Gasteiger charge is 2.06. The quantitative estimate of drug-likeness (QED) is 0.705. The SMILES string of the molecule is COc1cccc(Cc2nc3c(N)cccc3[nH]2)c1. The number of nitrogens with zero attached hydrogens (tertiary/aromatic N) is 1. The molecule has 96 valence electrons. The Morgan fingerprint density at radius 2 is 2.05 bits per heavy atom. The average Bonchev–Trinajstić information content (AvgIpc) is 2.83. The number of ether oxygens (including phenoxy) is 1. The second-order valence-electron chi connectivity index (χ2n) is 4.46. The van der Waals surface area contributed by atoms with Crippen molar-refractivity contribution in [2.75, 3.05) is 12.8 Å². The molecule has 0 atom stereocenters. The molecule has 2 aromatic carbocycles.